The summed E-state index contributed by atoms with van der Waals surface area (Å²) in [7, 11) is 0. The van der Waals surface area contributed by atoms with Crippen molar-refractivity contribution in [3.05, 3.63) is 12.2 Å². The van der Waals surface area contributed by atoms with Crippen LogP contribution in [0.5, 0.6) is 0 Å². The van der Waals surface area contributed by atoms with Gasteiger partial charge in [0.05, 0.1) is 5.92 Å². The Labute approximate surface area is 74.6 Å². The number of carbonyl (C=O) groups excluding carboxylic acids is 1. The van der Waals surface area contributed by atoms with E-state index in [1.807, 2.05) is 27.7 Å². The van der Waals surface area contributed by atoms with Gasteiger partial charge in [0.1, 0.15) is 6.10 Å². The molecule has 0 saturated heterocycles. The van der Waals surface area contributed by atoms with Gasteiger partial charge in [-0.2, -0.15) is 0 Å². The van der Waals surface area contributed by atoms with Gasteiger partial charge in [-0.15, -0.1) is 6.58 Å². The van der Waals surface area contributed by atoms with E-state index in [1.54, 1.807) is 0 Å². The van der Waals surface area contributed by atoms with Crippen LogP contribution in [0.3, 0.4) is 0 Å². The molecule has 2 heteroatoms. The van der Waals surface area contributed by atoms with Gasteiger partial charge in [0.25, 0.3) is 0 Å². The molecule has 0 aromatic heterocycles. The molecule has 0 unspecified atom stereocenters. The predicted octanol–water partition coefficient (Wildman–Crippen LogP) is 2.54. The third kappa shape index (κ3) is 4.94. The van der Waals surface area contributed by atoms with Crippen LogP contribution in [0.25, 0.3) is 0 Å². The number of ether oxygens (including phenoxy) is 1. The fourth-order valence-electron chi connectivity index (χ4n) is 0.867. The molecule has 0 fully saturated rings. The minimum absolute atomic E-state index is 0.0439. The van der Waals surface area contributed by atoms with Gasteiger partial charge in [-0.3, -0.25) is 4.79 Å². The van der Waals surface area contributed by atoms with E-state index >= 15 is 0 Å². The molecule has 70 valence electrons. The predicted molar refractivity (Wildman–Crippen MR) is 49.8 cm³/mol. The summed E-state index contributed by atoms with van der Waals surface area (Å²) in [6.45, 7) is 11.2. The average Bonchev–Trinajstić information content (AvgIpc) is 1.84. The van der Waals surface area contributed by atoms with Crippen LogP contribution in [0.15, 0.2) is 12.2 Å². The molecule has 0 aromatic rings. The summed E-state index contributed by atoms with van der Waals surface area (Å²) < 4.78 is 5.12. The molecule has 0 aliphatic rings. The molecule has 0 N–H and O–H groups in total. The van der Waals surface area contributed by atoms with Crippen LogP contribution < -0.4 is 0 Å². The molecule has 0 saturated carbocycles. The third-order valence-electron chi connectivity index (χ3n) is 1.42. The Morgan fingerprint density at radius 3 is 2.25 bits per heavy atom. The highest BCUT2D eigenvalue weighted by Gasteiger charge is 2.12. The number of carbonyl (C=O) groups is 1. The molecular formula is C10H18O2. The van der Waals surface area contributed by atoms with Crippen molar-refractivity contribution in [1.82, 2.24) is 0 Å². The molecule has 0 aliphatic carbocycles. The lowest BCUT2D eigenvalue weighted by Crippen LogP contribution is -2.19. The minimum Gasteiger partial charge on any atom is -0.462 e. The number of hydrogen-bond acceptors (Lipinski definition) is 2. The molecule has 0 bridgehead atoms. The molecule has 0 rings (SSSR count). The Hall–Kier alpha value is -0.790. The van der Waals surface area contributed by atoms with E-state index in [0.717, 1.165) is 12.0 Å². The van der Waals surface area contributed by atoms with E-state index in [1.165, 1.54) is 0 Å². The monoisotopic (exact) mass is 170 g/mol. The first kappa shape index (κ1) is 11.2. The summed E-state index contributed by atoms with van der Waals surface area (Å²) in [5.41, 5.74) is 1.04. The van der Waals surface area contributed by atoms with Gasteiger partial charge in [-0.05, 0) is 13.8 Å². The zero-order valence-corrected chi connectivity index (χ0v) is 8.39. The first-order chi connectivity index (χ1) is 5.43. The van der Waals surface area contributed by atoms with Crippen molar-refractivity contribution >= 4 is 5.97 Å². The number of esters is 1. The third-order valence-corrected chi connectivity index (χ3v) is 1.42. The van der Waals surface area contributed by atoms with Crippen molar-refractivity contribution < 1.29 is 9.53 Å². The lowest BCUT2D eigenvalue weighted by molar-refractivity contribution is -0.151. The molecular weight excluding hydrogens is 152 g/mol. The SMILES string of the molecule is C=C(C)C[C@H](C)OC(=O)C(C)C. The second kappa shape index (κ2) is 4.96. The van der Waals surface area contributed by atoms with E-state index in [9.17, 15) is 4.79 Å². The van der Waals surface area contributed by atoms with Crippen molar-refractivity contribution in [3.8, 4) is 0 Å². The normalized spacial score (nSPS) is 12.8. The second-order valence-corrected chi connectivity index (χ2v) is 3.56. The summed E-state index contributed by atoms with van der Waals surface area (Å²) >= 11 is 0. The average molecular weight is 170 g/mol. The topological polar surface area (TPSA) is 26.3 Å². The van der Waals surface area contributed by atoms with E-state index in [2.05, 4.69) is 6.58 Å². The zero-order chi connectivity index (χ0) is 9.72. The van der Waals surface area contributed by atoms with Crippen LogP contribution in [-0.2, 0) is 9.53 Å². The standard InChI is InChI=1S/C10H18O2/c1-7(2)6-9(5)12-10(11)8(3)4/h8-9H,1,6H2,2-5H3/t9-/m0/s1. The maximum absolute atomic E-state index is 11.1. The minimum atomic E-state index is -0.135. The molecule has 0 heterocycles. The van der Waals surface area contributed by atoms with Crippen LogP contribution >= 0.6 is 0 Å². The fraction of sp³-hybridized carbons (Fsp3) is 0.700. The van der Waals surface area contributed by atoms with Crippen molar-refractivity contribution in [3.63, 3.8) is 0 Å². The number of rotatable bonds is 4. The van der Waals surface area contributed by atoms with Crippen LogP contribution in [0.4, 0.5) is 0 Å². The molecule has 0 amide bonds. The van der Waals surface area contributed by atoms with Crippen LogP contribution in [0.1, 0.15) is 34.1 Å². The molecule has 12 heavy (non-hydrogen) atoms. The second-order valence-electron chi connectivity index (χ2n) is 3.56. The van der Waals surface area contributed by atoms with Gasteiger partial charge < -0.3 is 4.74 Å². The first-order valence-electron chi connectivity index (χ1n) is 4.28. The van der Waals surface area contributed by atoms with E-state index in [0.29, 0.717) is 0 Å². The molecule has 0 radical (unpaired) electrons. The highest BCUT2D eigenvalue weighted by atomic mass is 16.5. The summed E-state index contributed by atoms with van der Waals surface area (Å²) in [4.78, 5) is 11.1. The largest absolute Gasteiger partial charge is 0.462 e. The van der Waals surface area contributed by atoms with Crippen LogP contribution in [0, 0.1) is 5.92 Å². The Morgan fingerprint density at radius 1 is 1.42 bits per heavy atom. The molecule has 2 nitrogen and oxygen atoms in total. The van der Waals surface area contributed by atoms with E-state index in [4.69, 9.17) is 4.74 Å². The molecule has 0 spiro atoms. The highest BCUT2D eigenvalue weighted by molar-refractivity contribution is 5.71. The maximum Gasteiger partial charge on any atom is 0.308 e. The summed E-state index contributed by atoms with van der Waals surface area (Å²) in [6.07, 6.45) is 0.704. The zero-order valence-electron chi connectivity index (χ0n) is 8.39. The summed E-state index contributed by atoms with van der Waals surface area (Å²) in [6, 6.07) is 0. The molecule has 0 aliphatic heterocycles. The Kier molecular flexibility index (Phi) is 4.64. The van der Waals surface area contributed by atoms with Gasteiger partial charge in [-0.25, -0.2) is 0 Å². The van der Waals surface area contributed by atoms with E-state index < -0.39 is 0 Å². The molecule has 0 aromatic carbocycles. The molecule has 1 atom stereocenters. The van der Waals surface area contributed by atoms with Crippen LogP contribution in [0.2, 0.25) is 0 Å². The van der Waals surface area contributed by atoms with E-state index in [-0.39, 0.29) is 18.0 Å². The number of hydrogen-bond donors (Lipinski definition) is 0. The van der Waals surface area contributed by atoms with Crippen molar-refractivity contribution in [1.29, 1.82) is 0 Å². The van der Waals surface area contributed by atoms with Crippen molar-refractivity contribution in [2.45, 2.75) is 40.2 Å². The quantitative estimate of drug-likeness (QED) is 0.478. The summed E-state index contributed by atoms with van der Waals surface area (Å²) in [5.74, 6) is -0.179. The van der Waals surface area contributed by atoms with Gasteiger partial charge >= 0.3 is 5.97 Å². The summed E-state index contributed by atoms with van der Waals surface area (Å²) in [5, 5.41) is 0. The van der Waals surface area contributed by atoms with Gasteiger partial charge in [0.2, 0.25) is 0 Å². The van der Waals surface area contributed by atoms with Gasteiger partial charge in [-0.1, -0.05) is 19.4 Å². The van der Waals surface area contributed by atoms with Gasteiger partial charge in [0, 0.05) is 6.42 Å². The van der Waals surface area contributed by atoms with Crippen molar-refractivity contribution in [2.24, 2.45) is 5.92 Å². The fourth-order valence-corrected chi connectivity index (χ4v) is 0.867. The smallest absolute Gasteiger partial charge is 0.308 e. The highest BCUT2D eigenvalue weighted by Crippen LogP contribution is 2.07. The Bertz CT molecular complexity index is 171. The van der Waals surface area contributed by atoms with Crippen molar-refractivity contribution in [2.75, 3.05) is 0 Å². The van der Waals surface area contributed by atoms with Gasteiger partial charge in [0.15, 0.2) is 0 Å². The van der Waals surface area contributed by atoms with Crippen LogP contribution in [-0.4, -0.2) is 12.1 Å². The Morgan fingerprint density at radius 2 is 1.92 bits per heavy atom. The lowest BCUT2D eigenvalue weighted by atomic mass is 10.1. The lowest BCUT2D eigenvalue weighted by Gasteiger charge is -2.14. The Balaban J connectivity index is 3.76. The first-order valence-corrected chi connectivity index (χ1v) is 4.28. The maximum atomic E-state index is 11.1.